The summed E-state index contributed by atoms with van der Waals surface area (Å²) in [7, 11) is 4.16. The van der Waals surface area contributed by atoms with E-state index in [1.807, 2.05) is 24.3 Å². The Bertz CT molecular complexity index is 1040. The van der Waals surface area contributed by atoms with Crippen molar-refractivity contribution in [1.29, 1.82) is 0 Å². The van der Waals surface area contributed by atoms with Gasteiger partial charge in [-0.2, -0.15) is 4.57 Å². The van der Waals surface area contributed by atoms with Gasteiger partial charge in [0.15, 0.2) is 0 Å². The van der Waals surface area contributed by atoms with E-state index in [9.17, 15) is 0 Å². The van der Waals surface area contributed by atoms with E-state index in [1.54, 1.807) is 0 Å². The highest BCUT2D eigenvalue weighted by atomic mass is 127. The maximum atomic E-state index is 6.18. The van der Waals surface area contributed by atoms with Gasteiger partial charge in [-0.25, -0.2) is 0 Å². The lowest BCUT2D eigenvalue weighted by atomic mass is 10.1. The third kappa shape index (κ3) is 2.18. The zero-order chi connectivity index (χ0) is 14.7. The number of pyridine rings is 1. The van der Waals surface area contributed by atoms with E-state index in [1.165, 1.54) is 21.9 Å². The first-order valence-corrected chi connectivity index (χ1v) is 7.48. The van der Waals surface area contributed by atoms with Crippen molar-refractivity contribution in [3.05, 3.63) is 52.5 Å². The Balaban J connectivity index is 0.00000144. The van der Waals surface area contributed by atoms with Gasteiger partial charge in [0, 0.05) is 28.5 Å². The molecule has 0 saturated carbocycles. The summed E-state index contributed by atoms with van der Waals surface area (Å²) in [6, 6.07) is 14.2. The fraction of sp³-hybridized carbons (Fsp3) is 0.118. The minimum absolute atomic E-state index is 0. The van der Waals surface area contributed by atoms with Crippen LogP contribution in [-0.4, -0.2) is 4.57 Å². The van der Waals surface area contributed by atoms with Crippen LogP contribution in [0.3, 0.4) is 0 Å². The Morgan fingerprint density at radius 1 is 0.909 bits per heavy atom. The normalized spacial score (nSPS) is 11.3. The molecule has 4 rings (SSSR count). The van der Waals surface area contributed by atoms with Crippen LogP contribution in [0.4, 0.5) is 0 Å². The molecule has 0 aliphatic rings. The summed E-state index contributed by atoms with van der Waals surface area (Å²) in [6.07, 6.45) is 0. The largest absolute Gasteiger partial charge is 1.00 e. The van der Waals surface area contributed by atoms with Crippen molar-refractivity contribution < 1.29 is 28.5 Å². The predicted molar refractivity (Wildman–Crippen MR) is 89.1 cm³/mol. The zero-order valence-electron chi connectivity index (χ0n) is 12.1. The summed E-state index contributed by atoms with van der Waals surface area (Å²) < 4.78 is 4.40. The first-order chi connectivity index (χ1) is 10.1. The molecule has 2 aromatic heterocycles. The number of hydrogen-bond acceptors (Lipinski definition) is 0. The van der Waals surface area contributed by atoms with Gasteiger partial charge in [0.2, 0.25) is 11.0 Å². The highest BCUT2D eigenvalue weighted by molar-refractivity contribution is 6.32. The summed E-state index contributed by atoms with van der Waals surface area (Å²) in [5.74, 6) is 0. The SMILES string of the molecule is Cn1c2ccc(Cl)cc2c2c1cc1cc(Cl)ccc1[n+]2C.[I-]. The fourth-order valence-corrected chi connectivity index (χ4v) is 3.50. The molecule has 112 valence electrons. The standard InChI is InChI=1S/C17H13Cl2N2.HI/c1-20-15-6-4-12(19)9-13(15)17-16(20)8-10-7-11(18)3-5-14(10)21(17)2;/h3-9H,1-2H3;1H/q+1;/p-1. The fourth-order valence-electron chi connectivity index (χ4n) is 3.15. The van der Waals surface area contributed by atoms with E-state index in [0.29, 0.717) is 0 Å². The van der Waals surface area contributed by atoms with Crippen molar-refractivity contribution in [1.82, 2.24) is 4.57 Å². The molecule has 0 radical (unpaired) electrons. The highest BCUT2D eigenvalue weighted by Crippen LogP contribution is 2.30. The third-order valence-electron chi connectivity index (χ3n) is 4.16. The van der Waals surface area contributed by atoms with E-state index in [2.05, 4.69) is 41.4 Å². The van der Waals surface area contributed by atoms with E-state index in [0.717, 1.165) is 20.9 Å². The lowest BCUT2D eigenvalue weighted by Gasteiger charge is -2.01. The number of halogens is 3. The number of aryl methyl sites for hydroxylation is 2. The summed E-state index contributed by atoms with van der Waals surface area (Å²) >= 11 is 12.3. The van der Waals surface area contributed by atoms with Crippen molar-refractivity contribution in [3.8, 4) is 0 Å². The molecule has 2 nitrogen and oxygen atoms in total. The minimum Gasteiger partial charge on any atom is -1.00 e. The molecule has 0 N–H and O–H groups in total. The summed E-state index contributed by atoms with van der Waals surface area (Å²) in [6.45, 7) is 0. The Kier molecular flexibility index (Phi) is 4.00. The molecule has 0 spiro atoms. The van der Waals surface area contributed by atoms with Gasteiger partial charge in [0.1, 0.15) is 12.6 Å². The van der Waals surface area contributed by atoms with E-state index in [4.69, 9.17) is 23.2 Å². The van der Waals surface area contributed by atoms with E-state index >= 15 is 0 Å². The molecule has 22 heavy (non-hydrogen) atoms. The van der Waals surface area contributed by atoms with Crippen molar-refractivity contribution >= 4 is 56.0 Å². The lowest BCUT2D eigenvalue weighted by molar-refractivity contribution is -0.616. The monoisotopic (exact) mass is 442 g/mol. The van der Waals surface area contributed by atoms with Gasteiger partial charge in [-0.05, 0) is 36.4 Å². The van der Waals surface area contributed by atoms with Crippen LogP contribution in [0.15, 0.2) is 42.5 Å². The molecule has 5 heteroatoms. The van der Waals surface area contributed by atoms with Crippen LogP contribution in [0, 0.1) is 0 Å². The number of fused-ring (bicyclic) bond motifs is 4. The molecule has 0 amide bonds. The lowest BCUT2D eigenvalue weighted by Crippen LogP contribution is -3.00. The molecule has 0 aliphatic carbocycles. The number of nitrogens with zero attached hydrogens (tertiary/aromatic N) is 2. The third-order valence-corrected chi connectivity index (χ3v) is 4.63. The molecular formula is C17H13Cl2IN2. The molecule has 0 saturated heterocycles. The molecular weight excluding hydrogens is 430 g/mol. The summed E-state index contributed by atoms with van der Waals surface area (Å²) in [4.78, 5) is 0. The van der Waals surface area contributed by atoms with Crippen molar-refractivity contribution in [3.63, 3.8) is 0 Å². The average molecular weight is 443 g/mol. The van der Waals surface area contributed by atoms with Crippen LogP contribution in [0.5, 0.6) is 0 Å². The Morgan fingerprint density at radius 3 is 2.36 bits per heavy atom. The summed E-state index contributed by atoms with van der Waals surface area (Å²) in [5, 5.41) is 3.81. The van der Waals surface area contributed by atoms with E-state index in [-0.39, 0.29) is 24.0 Å². The van der Waals surface area contributed by atoms with Gasteiger partial charge in [-0.1, -0.05) is 23.2 Å². The van der Waals surface area contributed by atoms with Crippen LogP contribution >= 0.6 is 23.2 Å². The smallest absolute Gasteiger partial charge is 0.238 e. The highest BCUT2D eigenvalue weighted by Gasteiger charge is 2.19. The Labute approximate surface area is 155 Å². The number of hydrogen-bond donors (Lipinski definition) is 0. The quantitative estimate of drug-likeness (QED) is 0.289. The maximum absolute atomic E-state index is 6.18. The van der Waals surface area contributed by atoms with Crippen LogP contribution in [-0.2, 0) is 14.1 Å². The molecule has 0 aliphatic heterocycles. The first kappa shape index (κ1) is 15.8. The van der Waals surface area contributed by atoms with Gasteiger partial charge in [-0.15, -0.1) is 0 Å². The predicted octanol–water partition coefficient (Wildman–Crippen LogP) is 1.62. The average Bonchev–Trinajstić information content (AvgIpc) is 2.71. The molecule has 0 unspecified atom stereocenters. The van der Waals surface area contributed by atoms with Gasteiger partial charge in [0.25, 0.3) is 0 Å². The topological polar surface area (TPSA) is 8.81 Å². The van der Waals surface area contributed by atoms with Crippen LogP contribution in [0.2, 0.25) is 10.0 Å². The Morgan fingerprint density at radius 2 is 1.59 bits per heavy atom. The number of benzene rings is 2. The molecule has 2 aromatic carbocycles. The van der Waals surface area contributed by atoms with Gasteiger partial charge >= 0.3 is 0 Å². The van der Waals surface area contributed by atoms with Crippen molar-refractivity contribution in [2.24, 2.45) is 14.1 Å². The van der Waals surface area contributed by atoms with Crippen molar-refractivity contribution in [2.75, 3.05) is 0 Å². The van der Waals surface area contributed by atoms with Crippen LogP contribution in [0.1, 0.15) is 0 Å². The van der Waals surface area contributed by atoms with E-state index < -0.39 is 0 Å². The second-order valence-electron chi connectivity index (χ2n) is 5.36. The maximum Gasteiger partial charge on any atom is 0.238 e. The first-order valence-electron chi connectivity index (χ1n) is 6.72. The van der Waals surface area contributed by atoms with Crippen molar-refractivity contribution in [2.45, 2.75) is 0 Å². The molecule has 0 bridgehead atoms. The molecule has 2 heterocycles. The van der Waals surface area contributed by atoms with Gasteiger partial charge < -0.3 is 28.5 Å². The Hall–Kier alpha value is -1.04. The van der Waals surface area contributed by atoms with Crippen LogP contribution in [0.25, 0.3) is 32.8 Å². The molecule has 4 aromatic rings. The number of aromatic nitrogens is 2. The summed E-state index contributed by atoms with van der Waals surface area (Å²) in [5.41, 5.74) is 4.68. The number of rotatable bonds is 0. The second kappa shape index (κ2) is 5.55. The second-order valence-corrected chi connectivity index (χ2v) is 6.23. The molecule has 0 fully saturated rings. The van der Waals surface area contributed by atoms with Gasteiger partial charge in [-0.3, -0.25) is 0 Å². The van der Waals surface area contributed by atoms with Crippen LogP contribution < -0.4 is 28.5 Å². The van der Waals surface area contributed by atoms with Gasteiger partial charge in [0.05, 0.1) is 10.9 Å². The zero-order valence-corrected chi connectivity index (χ0v) is 15.7. The molecule has 0 atom stereocenters. The minimum atomic E-state index is 0.